The van der Waals surface area contributed by atoms with Gasteiger partial charge in [-0.1, -0.05) is 0 Å². The minimum Gasteiger partial charge on any atom is -0.444 e. The predicted octanol–water partition coefficient (Wildman–Crippen LogP) is 1.11. The highest BCUT2D eigenvalue weighted by Gasteiger charge is 2.35. The highest BCUT2D eigenvalue weighted by molar-refractivity contribution is 7.85. The first-order valence-corrected chi connectivity index (χ1v) is 8.41. The Labute approximate surface area is 117 Å². The SMILES string of the molecule is CC(C)(C)OC(=O)N1CC(NC2CCS(=O)CC2)C1. The van der Waals surface area contributed by atoms with Gasteiger partial charge in [-0.05, 0) is 33.6 Å². The second kappa shape index (κ2) is 5.79. The summed E-state index contributed by atoms with van der Waals surface area (Å²) < 4.78 is 16.6. The number of nitrogens with zero attached hydrogens (tertiary/aromatic N) is 1. The average molecular weight is 288 g/mol. The van der Waals surface area contributed by atoms with E-state index in [1.807, 2.05) is 20.8 Å². The van der Waals surface area contributed by atoms with Crippen molar-refractivity contribution in [2.24, 2.45) is 0 Å². The average Bonchev–Trinajstić information content (AvgIpc) is 2.22. The molecule has 110 valence electrons. The minimum absolute atomic E-state index is 0.227. The van der Waals surface area contributed by atoms with Gasteiger partial charge in [-0.2, -0.15) is 0 Å². The molecule has 0 aromatic rings. The third-order valence-electron chi connectivity index (χ3n) is 3.39. The van der Waals surface area contributed by atoms with Crippen LogP contribution in [-0.4, -0.2) is 57.5 Å². The molecule has 0 aromatic carbocycles. The van der Waals surface area contributed by atoms with Crippen molar-refractivity contribution >= 4 is 16.9 Å². The smallest absolute Gasteiger partial charge is 0.410 e. The van der Waals surface area contributed by atoms with Gasteiger partial charge in [-0.3, -0.25) is 4.21 Å². The van der Waals surface area contributed by atoms with E-state index in [0.717, 1.165) is 24.3 Å². The van der Waals surface area contributed by atoms with Crippen molar-refractivity contribution in [3.63, 3.8) is 0 Å². The summed E-state index contributed by atoms with van der Waals surface area (Å²) in [7, 11) is -0.610. The molecule has 2 heterocycles. The Morgan fingerprint density at radius 1 is 1.21 bits per heavy atom. The third kappa shape index (κ3) is 4.45. The standard InChI is InChI=1S/C13H24N2O3S/c1-13(2,3)18-12(16)15-8-11(9-15)14-10-4-6-19(17)7-5-10/h10-11,14H,4-9H2,1-3H3. The molecular formula is C13H24N2O3S. The number of amides is 1. The van der Waals surface area contributed by atoms with Crippen LogP contribution in [0.5, 0.6) is 0 Å². The van der Waals surface area contributed by atoms with Crippen LogP contribution in [-0.2, 0) is 15.5 Å². The number of rotatable bonds is 2. The first-order valence-electron chi connectivity index (χ1n) is 6.92. The summed E-state index contributed by atoms with van der Waals surface area (Å²) in [5.41, 5.74) is -0.428. The quantitative estimate of drug-likeness (QED) is 0.827. The van der Waals surface area contributed by atoms with E-state index in [2.05, 4.69) is 5.32 Å². The molecule has 19 heavy (non-hydrogen) atoms. The van der Waals surface area contributed by atoms with Crippen LogP contribution < -0.4 is 5.32 Å². The molecule has 2 aliphatic rings. The second-order valence-electron chi connectivity index (χ2n) is 6.37. The Bertz CT molecular complexity index is 351. The Balaban J connectivity index is 1.66. The van der Waals surface area contributed by atoms with E-state index in [0.29, 0.717) is 25.2 Å². The van der Waals surface area contributed by atoms with Crippen LogP contribution >= 0.6 is 0 Å². The van der Waals surface area contributed by atoms with Gasteiger partial charge in [0, 0.05) is 47.5 Å². The zero-order chi connectivity index (χ0) is 14.0. The summed E-state index contributed by atoms with van der Waals surface area (Å²) in [4.78, 5) is 13.5. The fourth-order valence-electron chi connectivity index (χ4n) is 2.35. The molecular weight excluding hydrogens is 264 g/mol. The molecule has 2 saturated heterocycles. The highest BCUT2D eigenvalue weighted by atomic mass is 32.2. The number of hydrogen-bond acceptors (Lipinski definition) is 4. The first kappa shape index (κ1) is 14.8. The number of carbonyl (C=O) groups is 1. The van der Waals surface area contributed by atoms with Crippen LogP contribution in [0.2, 0.25) is 0 Å². The summed E-state index contributed by atoms with van der Waals surface area (Å²) in [5.74, 6) is 1.61. The zero-order valence-corrected chi connectivity index (χ0v) is 12.8. The maximum atomic E-state index is 11.8. The maximum absolute atomic E-state index is 11.8. The summed E-state index contributed by atoms with van der Waals surface area (Å²) in [5, 5.41) is 3.54. The van der Waals surface area contributed by atoms with Gasteiger partial charge in [0.05, 0.1) is 0 Å². The van der Waals surface area contributed by atoms with Crippen LogP contribution in [0.3, 0.4) is 0 Å². The Morgan fingerprint density at radius 2 is 1.79 bits per heavy atom. The molecule has 0 saturated carbocycles. The van der Waals surface area contributed by atoms with Crippen LogP contribution in [0.15, 0.2) is 0 Å². The lowest BCUT2D eigenvalue weighted by molar-refractivity contribution is 0.00405. The molecule has 6 heteroatoms. The monoisotopic (exact) mass is 288 g/mol. The van der Waals surface area contributed by atoms with Crippen LogP contribution in [0, 0.1) is 0 Å². The topological polar surface area (TPSA) is 58.6 Å². The van der Waals surface area contributed by atoms with Crippen LogP contribution in [0.25, 0.3) is 0 Å². The van der Waals surface area contributed by atoms with Gasteiger partial charge in [-0.25, -0.2) is 4.79 Å². The van der Waals surface area contributed by atoms with Crippen molar-refractivity contribution in [2.45, 2.75) is 51.3 Å². The lowest BCUT2D eigenvalue weighted by Gasteiger charge is -2.42. The van der Waals surface area contributed by atoms with Gasteiger partial charge < -0.3 is 15.0 Å². The summed E-state index contributed by atoms with van der Waals surface area (Å²) in [6, 6.07) is 0.826. The van der Waals surface area contributed by atoms with Crippen molar-refractivity contribution in [1.82, 2.24) is 10.2 Å². The van der Waals surface area contributed by atoms with Crippen LogP contribution in [0.4, 0.5) is 4.79 Å². The fourth-order valence-corrected chi connectivity index (χ4v) is 3.65. The van der Waals surface area contributed by atoms with Crippen molar-refractivity contribution in [1.29, 1.82) is 0 Å². The molecule has 0 aromatic heterocycles. The molecule has 2 rings (SSSR count). The molecule has 2 fully saturated rings. The van der Waals surface area contributed by atoms with Gasteiger partial charge in [0.2, 0.25) is 0 Å². The lowest BCUT2D eigenvalue weighted by Crippen LogP contribution is -2.62. The normalized spacial score (nSPS) is 28.9. The lowest BCUT2D eigenvalue weighted by atomic mass is 10.1. The van der Waals surface area contributed by atoms with E-state index >= 15 is 0 Å². The van der Waals surface area contributed by atoms with E-state index in [4.69, 9.17) is 4.74 Å². The van der Waals surface area contributed by atoms with Gasteiger partial charge >= 0.3 is 6.09 Å². The molecule has 1 amide bonds. The molecule has 2 aliphatic heterocycles. The molecule has 0 spiro atoms. The summed E-state index contributed by atoms with van der Waals surface area (Å²) in [6.45, 7) is 7.07. The third-order valence-corrected chi connectivity index (χ3v) is 4.77. The largest absolute Gasteiger partial charge is 0.444 e. The predicted molar refractivity (Wildman–Crippen MR) is 75.6 cm³/mol. The van der Waals surface area contributed by atoms with Crippen molar-refractivity contribution in [3.05, 3.63) is 0 Å². The number of hydrogen-bond donors (Lipinski definition) is 1. The van der Waals surface area contributed by atoms with Gasteiger partial charge in [-0.15, -0.1) is 0 Å². The number of nitrogens with one attached hydrogen (secondary N) is 1. The first-order chi connectivity index (χ1) is 8.83. The molecule has 0 unspecified atom stereocenters. The van der Waals surface area contributed by atoms with Crippen molar-refractivity contribution < 1.29 is 13.7 Å². The summed E-state index contributed by atoms with van der Waals surface area (Å²) >= 11 is 0. The second-order valence-corrected chi connectivity index (χ2v) is 8.07. The van der Waals surface area contributed by atoms with Crippen molar-refractivity contribution in [2.75, 3.05) is 24.6 Å². The zero-order valence-electron chi connectivity index (χ0n) is 12.0. The highest BCUT2D eigenvalue weighted by Crippen LogP contribution is 2.17. The van der Waals surface area contributed by atoms with Gasteiger partial charge in [0.25, 0.3) is 0 Å². The Morgan fingerprint density at radius 3 is 2.32 bits per heavy atom. The van der Waals surface area contributed by atoms with E-state index in [-0.39, 0.29) is 6.09 Å². The molecule has 5 nitrogen and oxygen atoms in total. The fraction of sp³-hybridized carbons (Fsp3) is 0.923. The number of ether oxygens (including phenoxy) is 1. The van der Waals surface area contributed by atoms with E-state index < -0.39 is 16.4 Å². The number of likely N-dealkylation sites (tertiary alicyclic amines) is 1. The van der Waals surface area contributed by atoms with Gasteiger partial charge in [0.15, 0.2) is 0 Å². The molecule has 1 N–H and O–H groups in total. The number of carbonyl (C=O) groups excluding carboxylic acids is 1. The van der Waals surface area contributed by atoms with E-state index in [9.17, 15) is 9.00 Å². The molecule has 0 aliphatic carbocycles. The Hall–Kier alpha value is -0.620. The molecule has 0 bridgehead atoms. The molecule has 0 radical (unpaired) electrons. The Kier molecular flexibility index (Phi) is 4.50. The maximum Gasteiger partial charge on any atom is 0.410 e. The van der Waals surface area contributed by atoms with Crippen LogP contribution in [0.1, 0.15) is 33.6 Å². The summed E-state index contributed by atoms with van der Waals surface area (Å²) in [6.07, 6.45) is 1.74. The van der Waals surface area contributed by atoms with Crippen molar-refractivity contribution in [3.8, 4) is 0 Å². The molecule has 0 atom stereocenters. The minimum atomic E-state index is -0.610. The van der Waals surface area contributed by atoms with Gasteiger partial charge in [0.1, 0.15) is 5.60 Å². The van der Waals surface area contributed by atoms with E-state index in [1.54, 1.807) is 4.90 Å². The van der Waals surface area contributed by atoms with E-state index in [1.165, 1.54) is 0 Å².